The van der Waals surface area contributed by atoms with Crippen LogP contribution in [0.4, 0.5) is 0 Å². The van der Waals surface area contributed by atoms with E-state index in [9.17, 15) is 5.11 Å². The number of aromatic hydroxyl groups is 1. The second-order valence-corrected chi connectivity index (χ2v) is 5.01. The highest BCUT2D eigenvalue weighted by molar-refractivity contribution is 5.38. The predicted octanol–water partition coefficient (Wildman–Crippen LogP) is 3.55. The van der Waals surface area contributed by atoms with Crippen LogP contribution in [0.2, 0.25) is 0 Å². The van der Waals surface area contributed by atoms with Crippen LogP contribution in [0.5, 0.6) is 5.75 Å². The van der Waals surface area contributed by atoms with Gasteiger partial charge >= 0.3 is 0 Å². The van der Waals surface area contributed by atoms with Crippen LogP contribution >= 0.6 is 0 Å². The maximum atomic E-state index is 9.63. The lowest BCUT2D eigenvalue weighted by Crippen LogP contribution is -2.33. The second-order valence-electron chi connectivity index (χ2n) is 5.01. The number of hydrogen-bond donors (Lipinski definition) is 2. The monoisotopic (exact) mass is 233 g/mol. The minimum atomic E-state index is 0.391. The molecule has 0 heterocycles. The van der Waals surface area contributed by atoms with E-state index in [0.717, 1.165) is 6.42 Å². The standard InChI is InChI=1S/C15H23NO/c1-3-12(4-2)16-15-7-5-6-11-8-9-13(17)10-14(11)15/h8-10,12,15-17H,3-7H2,1-2H3. The second kappa shape index (κ2) is 5.54. The van der Waals surface area contributed by atoms with Crippen LogP contribution in [0.25, 0.3) is 0 Å². The van der Waals surface area contributed by atoms with E-state index in [1.165, 1.54) is 36.8 Å². The molecule has 0 radical (unpaired) electrons. The fourth-order valence-electron chi connectivity index (χ4n) is 2.77. The van der Waals surface area contributed by atoms with Gasteiger partial charge in [-0.3, -0.25) is 0 Å². The average molecular weight is 233 g/mol. The Morgan fingerprint density at radius 1 is 1.35 bits per heavy atom. The summed E-state index contributed by atoms with van der Waals surface area (Å²) in [6, 6.07) is 6.84. The summed E-state index contributed by atoms with van der Waals surface area (Å²) in [6.07, 6.45) is 5.92. The van der Waals surface area contributed by atoms with Gasteiger partial charge in [-0.2, -0.15) is 0 Å². The van der Waals surface area contributed by atoms with Gasteiger partial charge in [-0.15, -0.1) is 0 Å². The highest BCUT2D eigenvalue weighted by Crippen LogP contribution is 2.32. The molecule has 1 aromatic rings. The molecule has 0 fully saturated rings. The predicted molar refractivity (Wildman–Crippen MR) is 71.3 cm³/mol. The number of phenols is 1. The molecule has 94 valence electrons. The summed E-state index contributed by atoms with van der Waals surface area (Å²) in [5.41, 5.74) is 2.71. The van der Waals surface area contributed by atoms with Gasteiger partial charge in [0.25, 0.3) is 0 Å². The Labute approximate surface area is 104 Å². The number of phenolic OH excluding ortho intramolecular Hbond substituents is 1. The van der Waals surface area contributed by atoms with Gasteiger partial charge in [0.1, 0.15) is 5.75 Å². The van der Waals surface area contributed by atoms with Crippen LogP contribution in [-0.4, -0.2) is 11.1 Å². The van der Waals surface area contributed by atoms with Crippen molar-refractivity contribution in [2.24, 2.45) is 0 Å². The van der Waals surface area contributed by atoms with Gasteiger partial charge < -0.3 is 10.4 Å². The van der Waals surface area contributed by atoms with Crippen LogP contribution < -0.4 is 5.32 Å². The fraction of sp³-hybridized carbons (Fsp3) is 0.600. The molecule has 0 saturated carbocycles. The third-order valence-electron chi connectivity index (χ3n) is 3.87. The SMILES string of the molecule is CCC(CC)NC1CCCc2ccc(O)cc21. The summed E-state index contributed by atoms with van der Waals surface area (Å²) in [5.74, 6) is 0.391. The summed E-state index contributed by atoms with van der Waals surface area (Å²) < 4.78 is 0. The topological polar surface area (TPSA) is 32.3 Å². The van der Waals surface area contributed by atoms with Gasteiger partial charge in [-0.25, -0.2) is 0 Å². The Morgan fingerprint density at radius 3 is 2.82 bits per heavy atom. The summed E-state index contributed by atoms with van der Waals surface area (Å²) in [5, 5.41) is 13.4. The van der Waals surface area contributed by atoms with Crippen molar-refractivity contribution >= 4 is 0 Å². The molecular weight excluding hydrogens is 210 g/mol. The molecule has 0 bridgehead atoms. The van der Waals surface area contributed by atoms with Crippen LogP contribution in [-0.2, 0) is 6.42 Å². The third kappa shape index (κ3) is 2.81. The van der Waals surface area contributed by atoms with Crippen molar-refractivity contribution in [2.75, 3.05) is 0 Å². The van der Waals surface area contributed by atoms with E-state index in [-0.39, 0.29) is 0 Å². The lowest BCUT2D eigenvalue weighted by atomic mass is 9.87. The first-order chi connectivity index (χ1) is 8.24. The largest absolute Gasteiger partial charge is 0.508 e. The van der Waals surface area contributed by atoms with Crippen LogP contribution in [0.15, 0.2) is 18.2 Å². The van der Waals surface area contributed by atoms with Crippen LogP contribution in [0.3, 0.4) is 0 Å². The van der Waals surface area contributed by atoms with Crippen molar-refractivity contribution < 1.29 is 5.11 Å². The molecule has 1 aliphatic rings. The average Bonchev–Trinajstić information content (AvgIpc) is 2.36. The Morgan fingerprint density at radius 2 is 2.12 bits per heavy atom. The lowest BCUT2D eigenvalue weighted by molar-refractivity contribution is 0.377. The number of hydrogen-bond acceptors (Lipinski definition) is 2. The Balaban J connectivity index is 2.18. The van der Waals surface area contributed by atoms with Gasteiger partial charge in [-0.1, -0.05) is 19.9 Å². The van der Waals surface area contributed by atoms with Crippen molar-refractivity contribution in [3.63, 3.8) is 0 Å². The van der Waals surface area contributed by atoms with E-state index in [1.807, 2.05) is 6.07 Å². The van der Waals surface area contributed by atoms with E-state index in [4.69, 9.17) is 0 Å². The van der Waals surface area contributed by atoms with Gasteiger partial charge in [0, 0.05) is 12.1 Å². The highest BCUT2D eigenvalue weighted by atomic mass is 16.3. The summed E-state index contributed by atoms with van der Waals surface area (Å²) >= 11 is 0. The van der Waals surface area contributed by atoms with Crippen molar-refractivity contribution in [3.05, 3.63) is 29.3 Å². The minimum Gasteiger partial charge on any atom is -0.508 e. The maximum absolute atomic E-state index is 9.63. The quantitative estimate of drug-likeness (QED) is 0.833. The number of benzene rings is 1. The molecule has 2 heteroatoms. The van der Waals surface area contributed by atoms with Crippen LogP contribution in [0.1, 0.15) is 56.7 Å². The van der Waals surface area contributed by atoms with E-state index in [2.05, 4.69) is 25.2 Å². The number of nitrogens with one attached hydrogen (secondary N) is 1. The van der Waals surface area contributed by atoms with E-state index in [0.29, 0.717) is 17.8 Å². The molecule has 2 N–H and O–H groups in total. The molecule has 0 amide bonds. The number of aryl methyl sites for hydroxylation is 1. The molecule has 0 saturated heterocycles. The van der Waals surface area contributed by atoms with Crippen molar-refractivity contribution in [1.29, 1.82) is 0 Å². The third-order valence-corrected chi connectivity index (χ3v) is 3.87. The number of fused-ring (bicyclic) bond motifs is 1. The Bertz CT molecular complexity index is 371. The molecule has 1 aliphatic carbocycles. The lowest BCUT2D eigenvalue weighted by Gasteiger charge is -2.30. The summed E-state index contributed by atoms with van der Waals surface area (Å²) in [4.78, 5) is 0. The molecule has 17 heavy (non-hydrogen) atoms. The molecule has 0 spiro atoms. The fourth-order valence-corrected chi connectivity index (χ4v) is 2.77. The summed E-state index contributed by atoms with van der Waals surface area (Å²) in [6.45, 7) is 4.46. The normalized spacial score (nSPS) is 19.4. The zero-order valence-corrected chi connectivity index (χ0v) is 10.9. The van der Waals surface area contributed by atoms with Gasteiger partial charge in [0.15, 0.2) is 0 Å². The highest BCUT2D eigenvalue weighted by Gasteiger charge is 2.21. The zero-order chi connectivity index (χ0) is 12.3. The van der Waals surface area contributed by atoms with Gasteiger partial charge in [0.05, 0.1) is 0 Å². The molecule has 0 aliphatic heterocycles. The molecule has 1 unspecified atom stereocenters. The summed E-state index contributed by atoms with van der Waals surface area (Å²) in [7, 11) is 0. The molecular formula is C15H23NO. The van der Waals surface area contributed by atoms with Crippen molar-refractivity contribution in [1.82, 2.24) is 5.32 Å². The molecule has 1 aromatic carbocycles. The maximum Gasteiger partial charge on any atom is 0.115 e. The molecule has 0 aromatic heterocycles. The van der Waals surface area contributed by atoms with E-state index in [1.54, 1.807) is 6.07 Å². The molecule has 2 rings (SSSR count). The first-order valence-electron chi connectivity index (χ1n) is 6.82. The first kappa shape index (κ1) is 12.4. The van der Waals surface area contributed by atoms with Crippen molar-refractivity contribution in [3.8, 4) is 5.75 Å². The molecule has 1 atom stereocenters. The Hall–Kier alpha value is -1.02. The van der Waals surface area contributed by atoms with Crippen molar-refractivity contribution in [2.45, 2.75) is 58.0 Å². The van der Waals surface area contributed by atoms with Gasteiger partial charge in [-0.05, 0) is 55.4 Å². The smallest absolute Gasteiger partial charge is 0.115 e. The molecule has 2 nitrogen and oxygen atoms in total. The first-order valence-corrected chi connectivity index (χ1v) is 6.82. The Kier molecular flexibility index (Phi) is 4.06. The van der Waals surface area contributed by atoms with Gasteiger partial charge in [0.2, 0.25) is 0 Å². The van der Waals surface area contributed by atoms with Crippen LogP contribution in [0, 0.1) is 0 Å². The zero-order valence-electron chi connectivity index (χ0n) is 10.9. The minimum absolute atomic E-state index is 0.391. The van der Waals surface area contributed by atoms with E-state index >= 15 is 0 Å². The number of rotatable bonds is 4. The van der Waals surface area contributed by atoms with E-state index < -0.39 is 0 Å².